The van der Waals surface area contributed by atoms with Crippen molar-refractivity contribution in [3.63, 3.8) is 0 Å². The summed E-state index contributed by atoms with van der Waals surface area (Å²) in [6.45, 7) is 0.267. The van der Waals surface area contributed by atoms with Gasteiger partial charge in [-0.1, -0.05) is 12.8 Å². The summed E-state index contributed by atoms with van der Waals surface area (Å²) >= 11 is 0. The van der Waals surface area contributed by atoms with Gasteiger partial charge in [0.05, 0.1) is 12.7 Å². The van der Waals surface area contributed by atoms with Crippen LogP contribution in [0.25, 0.3) is 11.3 Å². The lowest BCUT2D eigenvalue weighted by atomic mass is 10.0. The highest BCUT2D eigenvalue weighted by molar-refractivity contribution is 5.97. The number of primary amides is 1. The van der Waals surface area contributed by atoms with E-state index in [0.29, 0.717) is 16.8 Å². The fraction of sp³-hybridized carbons (Fsp3) is 0.400. The minimum Gasteiger partial charge on any atom is -0.374 e. The molecule has 1 heterocycles. The third kappa shape index (κ3) is 2.99. The zero-order valence-electron chi connectivity index (χ0n) is 12.0. The Morgan fingerprint density at radius 3 is 2.86 bits per heavy atom. The molecule has 1 aromatic heterocycles. The Kier molecular flexibility index (Phi) is 4.15. The average molecular weight is 304 g/mol. The second-order valence-electron chi connectivity index (χ2n) is 5.40. The van der Waals surface area contributed by atoms with Crippen LogP contribution in [-0.2, 0) is 11.3 Å². The number of nitrogens with two attached hydrogens (primary N) is 1. The molecule has 1 aliphatic rings. The van der Waals surface area contributed by atoms with E-state index in [2.05, 4.69) is 15.4 Å². The predicted molar refractivity (Wildman–Crippen MR) is 77.3 cm³/mol. The zero-order valence-corrected chi connectivity index (χ0v) is 12.0. The number of benzene rings is 1. The van der Waals surface area contributed by atoms with Crippen LogP contribution in [0.3, 0.4) is 0 Å². The van der Waals surface area contributed by atoms with Gasteiger partial charge in [-0.05, 0) is 36.6 Å². The largest absolute Gasteiger partial charge is 0.374 e. The molecule has 0 aliphatic heterocycles. The molecule has 1 saturated carbocycles. The van der Waals surface area contributed by atoms with Gasteiger partial charge in [-0.15, -0.1) is 0 Å². The summed E-state index contributed by atoms with van der Waals surface area (Å²) in [6.07, 6.45) is 4.59. The standard InChI is InChI=1S/C15H17FN4O2/c16-10-5-6-12(13-14(15(17)21)19-20-18-13)9(7-10)8-22-11-3-1-2-4-11/h5-7,11H,1-4,8H2,(H2,17,21)(H,18,19,20). The molecular weight excluding hydrogens is 287 g/mol. The fourth-order valence-electron chi connectivity index (χ4n) is 2.77. The molecule has 3 N–H and O–H groups in total. The van der Waals surface area contributed by atoms with Crippen molar-refractivity contribution in [1.29, 1.82) is 0 Å². The molecule has 7 heteroatoms. The van der Waals surface area contributed by atoms with Crippen molar-refractivity contribution in [2.24, 2.45) is 5.73 Å². The lowest BCUT2D eigenvalue weighted by Gasteiger charge is -2.13. The van der Waals surface area contributed by atoms with E-state index in [9.17, 15) is 9.18 Å². The molecule has 22 heavy (non-hydrogen) atoms. The molecule has 1 aromatic carbocycles. The Bertz CT molecular complexity index is 680. The summed E-state index contributed by atoms with van der Waals surface area (Å²) in [7, 11) is 0. The Hall–Kier alpha value is -2.28. The second-order valence-corrected chi connectivity index (χ2v) is 5.40. The number of rotatable bonds is 5. The molecule has 1 amide bonds. The Morgan fingerprint density at radius 1 is 1.36 bits per heavy atom. The van der Waals surface area contributed by atoms with Gasteiger partial charge in [-0.25, -0.2) is 4.39 Å². The van der Waals surface area contributed by atoms with Gasteiger partial charge in [-0.3, -0.25) is 4.79 Å². The number of hydrogen-bond donors (Lipinski definition) is 2. The van der Waals surface area contributed by atoms with Crippen LogP contribution in [0.1, 0.15) is 41.7 Å². The first kappa shape index (κ1) is 14.6. The van der Waals surface area contributed by atoms with Crippen LogP contribution >= 0.6 is 0 Å². The fourth-order valence-corrected chi connectivity index (χ4v) is 2.77. The van der Waals surface area contributed by atoms with Crippen molar-refractivity contribution in [2.75, 3.05) is 0 Å². The molecule has 116 valence electrons. The normalized spacial score (nSPS) is 15.3. The first-order chi connectivity index (χ1) is 10.6. The first-order valence-corrected chi connectivity index (χ1v) is 7.26. The molecule has 3 rings (SSSR count). The van der Waals surface area contributed by atoms with E-state index in [1.165, 1.54) is 12.1 Å². The Morgan fingerprint density at radius 2 is 2.14 bits per heavy atom. The Balaban J connectivity index is 1.89. The van der Waals surface area contributed by atoms with Gasteiger partial charge in [0, 0.05) is 5.56 Å². The number of aromatic amines is 1. The number of hydrogen-bond acceptors (Lipinski definition) is 4. The highest BCUT2D eigenvalue weighted by atomic mass is 19.1. The zero-order chi connectivity index (χ0) is 15.5. The number of carbonyl (C=O) groups excluding carboxylic acids is 1. The van der Waals surface area contributed by atoms with Crippen LogP contribution < -0.4 is 5.73 Å². The first-order valence-electron chi connectivity index (χ1n) is 7.26. The lowest BCUT2D eigenvalue weighted by Crippen LogP contribution is -2.13. The maximum atomic E-state index is 13.6. The van der Waals surface area contributed by atoms with E-state index in [1.54, 1.807) is 6.07 Å². The topological polar surface area (TPSA) is 93.9 Å². The number of ether oxygens (including phenoxy) is 1. The van der Waals surface area contributed by atoms with E-state index >= 15 is 0 Å². The molecule has 1 fully saturated rings. The minimum atomic E-state index is -0.685. The summed E-state index contributed by atoms with van der Waals surface area (Å²) in [5.41, 5.74) is 6.86. The number of aromatic nitrogens is 3. The van der Waals surface area contributed by atoms with E-state index in [-0.39, 0.29) is 24.2 Å². The van der Waals surface area contributed by atoms with E-state index in [0.717, 1.165) is 25.7 Å². The van der Waals surface area contributed by atoms with Crippen LogP contribution in [0.4, 0.5) is 4.39 Å². The van der Waals surface area contributed by atoms with Crippen molar-refractivity contribution in [3.8, 4) is 11.3 Å². The molecule has 0 atom stereocenters. The smallest absolute Gasteiger partial charge is 0.271 e. The van der Waals surface area contributed by atoms with Crippen LogP contribution in [0.15, 0.2) is 18.2 Å². The van der Waals surface area contributed by atoms with Gasteiger partial charge < -0.3 is 10.5 Å². The van der Waals surface area contributed by atoms with E-state index in [1.807, 2.05) is 0 Å². The number of nitrogens with zero attached hydrogens (tertiary/aromatic N) is 2. The minimum absolute atomic E-state index is 0.0359. The predicted octanol–water partition coefficient (Wildman–Crippen LogP) is 2.17. The summed E-state index contributed by atoms with van der Waals surface area (Å²) in [5, 5.41) is 10.1. The van der Waals surface area contributed by atoms with Gasteiger partial charge in [0.1, 0.15) is 11.5 Å². The van der Waals surface area contributed by atoms with Gasteiger partial charge in [0.2, 0.25) is 0 Å². The maximum absolute atomic E-state index is 13.6. The number of amides is 1. The van der Waals surface area contributed by atoms with Gasteiger partial charge >= 0.3 is 0 Å². The Labute approximate surface area is 126 Å². The van der Waals surface area contributed by atoms with Crippen LogP contribution in [0, 0.1) is 5.82 Å². The van der Waals surface area contributed by atoms with Crippen molar-refractivity contribution >= 4 is 5.91 Å². The molecule has 6 nitrogen and oxygen atoms in total. The second kappa shape index (κ2) is 6.23. The molecule has 1 aliphatic carbocycles. The summed E-state index contributed by atoms with van der Waals surface area (Å²) in [6, 6.07) is 4.27. The SMILES string of the molecule is NC(=O)c1n[nH]nc1-c1ccc(F)cc1COC1CCCC1. The highest BCUT2D eigenvalue weighted by Crippen LogP contribution is 2.28. The van der Waals surface area contributed by atoms with Crippen molar-refractivity contribution in [2.45, 2.75) is 38.4 Å². The van der Waals surface area contributed by atoms with Crippen LogP contribution in [-0.4, -0.2) is 27.4 Å². The highest BCUT2D eigenvalue weighted by Gasteiger charge is 2.20. The van der Waals surface area contributed by atoms with E-state index < -0.39 is 5.91 Å². The maximum Gasteiger partial charge on any atom is 0.271 e. The van der Waals surface area contributed by atoms with Crippen molar-refractivity contribution < 1.29 is 13.9 Å². The molecule has 0 bridgehead atoms. The van der Waals surface area contributed by atoms with Crippen LogP contribution in [0.5, 0.6) is 0 Å². The van der Waals surface area contributed by atoms with Crippen molar-refractivity contribution in [3.05, 3.63) is 35.3 Å². The molecule has 0 spiro atoms. The molecular formula is C15H17FN4O2. The van der Waals surface area contributed by atoms with Gasteiger partial charge in [0.25, 0.3) is 5.91 Å². The summed E-state index contributed by atoms with van der Waals surface area (Å²) in [5.74, 6) is -1.05. The van der Waals surface area contributed by atoms with Crippen molar-refractivity contribution in [1.82, 2.24) is 15.4 Å². The quantitative estimate of drug-likeness (QED) is 0.885. The van der Waals surface area contributed by atoms with E-state index in [4.69, 9.17) is 10.5 Å². The summed E-state index contributed by atoms with van der Waals surface area (Å²) in [4.78, 5) is 11.4. The molecule has 0 saturated heterocycles. The number of H-pyrrole nitrogens is 1. The molecule has 0 unspecified atom stereocenters. The van der Waals surface area contributed by atoms with Crippen LogP contribution in [0.2, 0.25) is 0 Å². The lowest BCUT2D eigenvalue weighted by molar-refractivity contribution is 0.0458. The molecule has 2 aromatic rings. The summed E-state index contributed by atoms with van der Waals surface area (Å²) < 4.78 is 19.4. The van der Waals surface area contributed by atoms with Gasteiger partial charge in [-0.2, -0.15) is 15.4 Å². The third-order valence-corrected chi connectivity index (χ3v) is 3.88. The molecule has 0 radical (unpaired) electrons. The number of nitrogens with one attached hydrogen (secondary N) is 1. The third-order valence-electron chi connectivity index (χ3n) is 3.88. The monoisotopic (exact) mass is 304 g/mol. The number of carbonyl (C=O) groups is 1. The van der Waals surface area contributed by atoms with Gasteiger partial charge in [0.15, 0.2) is 5.69 Å². The number of halogens is 1. The average Bonchev–Trinajstić information content (AvgIpc) is 3.16.